The molecule has 6 heterocycles. The topological polar surface area (TPSA) is 138 Å². The molecule has 2 aromatic heterocycles. The summed E-state index contributed by atoms with van der Waals surface area (Å²) in [5.41, 5.74) is 10.7. The number of hydrogen-bond acceptors (Lipinski definition) is 9. The second-order valence-corrected chi connectivity index (χ2v) is 20.1. The highest BCUT2D eigenvalue weighted by Gasteiger charge is 2.62. The van der Waals surface area contributed by atoms with Gasteiger partial charge in [0.25, 0.3) is 5.91 Å². The molecule has 3 amide bonds. The molecular weight excluding hydrogens is 831 g/mol. The number of esters is 1. The van der Waals surface area contributed by atoms with Gasteiger partial charge in [-0.1, -0.05) is 64.6 Å². The highest BCUT2D eigenvalue weighted by atomic mass is 16.5. The van der Waals surface area contributed by atoms with Crippen LogP contribution in [0.4, 0.5) is 0 Å². The summed E-state index contributed by atoms with van der Waals surface area (Å²) in [7, 11) is 1.70. The van der Waals surface area contributed by atoms with Gasteiger partial charge in [0.1, 0.15) is 12.1 Å². The summed E-state index contributed by atoms with van der Waals surface area (Å²) in [5.74, 6) is -1.33. The van der Waals surface area contributed by atoms with E-state index in [1.165, 1.54) is 11.1 Å². The lowest BCUT2D eigenvalue weighted by molar-refractivity contribution is -0.155. The van der Waals surface area contributed by atoms with E-state index in [1.54, 1.807) is 7.11 Å². The van der Waals surface area contributed by atoms with Gasteiger partial charge in [-0.3, -0.25) is 34.1 Å². The molecule has 0 spiro atoms. The van der Waals surface area contributed by atoms with Gasteiger partial charge in [-0.15, -0.1) is 0 Å². The van der Waals surface area contributed by atoms with E-state index in [9.17, 15) is 19.2 Å². The van der Waals surface area contributed by atoms with Crippen molar-refractivity contribution in [2.24, 2.45) is 17.3 Å². The number of pyridine rings is 1. The van der Waals surface area contributed by atoms with Crippen LogP contribution in [0.5, 0.6) is 0 Å². The number of piperidine rings is 1. The van der Waals surface area contributed by atoms with Crippen molar-refractivity contribution in [2.45, 2.75) is 123 Å². The number of aromatic nitrogens is 2. The summed E-state index contributed by atoms with van der Waals surface area (Å²) >= 11 is 0. The minimum absolute atomic E-state index is 0.00587. The number of benzene rings is 2. The third kappa shape index (κ3) is 9.18. The number of rotatable bonds is 12. The third-order valence-electron chi connectivity index (χ3n) is 14.7. The Kier molecular flexibility index (Phi) is 13.6. The van der Waals surface area contributed by atoms with Gasteiger partial charge < -0.3 is 24.3 Å². The van der Waals surface area contributed by atoms with Gasteiger partial charge in [0, 0.05) is 80.4 Å². The number of amides is 3. The summed E-state index contributed by atoms with van der Waals surface area (Å²) in [6.45, 7) is 21.6. The number of hydrazine groups is 1. The highest BCUT2D eigenvalue weighted by Crippen LogP contribution is 2.51. The molecule has 13 nitrogen and oxygen atoms in total. The van der Waals surface area contributed by atoms with Crippen LogP contribution in [-0.2, 0) is 48.0 Å². The maximum atomic E-state index is 14.8. The molecule has 8 rings (SSSR count). The van der Waals surface area contributed by atoms with Crippen LogP contribution >= 0.6 is 0 Å². The van der Waals surface area contributed by atoms with Crippen molar-refractivity contribution < 1.29 is 28.7 Å². The van der Waals surface area contributed by atoms with Gasteiger partial charge >= 0.3 is 5.97 Å². The average Bonchev–Trinajstić information content (AvgIpc) is 3.81. The monoisotopic (exact) mass is 900 g/mol. The third-order valence-corrected chi connectivity index (χ3v) is 14.7. The van der Waals surface area contributed by atoms with Crippen molar-refractivity contribution >= 4 is 34.6 Å². The lowest BCUT2D eigenvalue weighted by Gasteiger charge is -2.36. The van der Waals surface area contributed by atoms with Crippen molar-refractivity contribution in [3.05, 3.63) is 90.3 Å². The fourth-order valence-electron chi connectivity index (χ4n) is 11.1. The first-order valence-electron chi connectivity index (χ1n) is 24.1. The predicted octanol–water partition coefficient (Wildman–Crippen LogP) is 7.27. The number of carbonyl (C=O) groups is 4. The van der Waals surface area contributed by atoms with Crippen molar-refractivity contribution in [1.82, 2.24) is 35.1 Å². The number of nitrogens with one attached hydrogen (secondary N) is 2. The SMILES string of the molecule is C=CC(=O)N(CC)CC12CC[C@@H](C(C(=O)N[C@H]3Cc4cccc(c4)-c4ccc5c(c4)c(c(-c4cccnc4[C@H](C)OC)n5CC)CC(C)(C)COC(=O)[C@@H]4CCCN(N4)C3=O)C(C)C)N1C2. The summed E-state index contributed by atoms with van der Waals surface area (Å²) in [6, 6.07) is 17.3. The number of carbonyl (C=O) groups excluding carboxylic acids is 4. The number of methoxy groups -OCH3 is 1. The molecule has 2 N–H and O–H groups in total. The second-order valence-electron chi connectivity index (χ2n) is 20.1. The Morgan fingerprint density at radius 3 is 2.58 bits per heavy atom. The van der Waals surface area contributed by atoms with Crippen LogP contribution in [0.2, 0.25) is 0 Å². The van der Waals surface area contributed by atoms with Crippen LogP contribution in [0.25, 0.3) is 33.3 Å². The van der Waals surface area contributed by atoms with E-state index in [4.69, 9.17) is 14.5 Å². The molecule has 0 radical (unpaired) electrons. The van der Waals surface area contributed by atoms with E-state index in [2.05, 4.69) is 97.8 Å². The Morgan fingerprint density at radius 1 is 1.08 bits per heavy atom. The first-order chi connectivity index (χ1) is 31.6. The molecule has 352 valence electrons. The normalized spacial score (nSPS) is 24.8. The van der Waals surface area contributed by atoms with Crippen LogP contribution in [0, 0.1) is 17.3 Å². The summed E-state index contributed by atoms with van der Waals surface area (Å²) in [6.07, 6.45) is 6.65. The van der Waals surface area contributed by atoms with Gasteiger partial charge in [0.2, 0.25) is 11.8 Å². The van der Waals surface area contributed by atoms with Gasteiger partial charge in [0.15, 0.2) is 0 Å². The van der Waals surface area contributed by atoms with Crippen LogP contribution in [0.3, 0.4) is 0 Å². The maximum Gasteiger partial charge on any atom is 0.324 e. The van der Waals surface area contributed by atoms with Gasteiger partial charge in [-0.2, -0.15) is 0 Å². The molecule has 0 aliphatic carbocycles. The number of fused-ring (bicyclic) bond motifs is 7. The Hall–Kier alpha value is -5.37. The number of hydrogen-bond donors (Lipinski definition) is 2. The van der Waals surface area contributed by atoms with Crippen LogP contribution in [0.1, 0.15) is 97.1 Å². The van der Waals surface area contributed by atoms with Gasteiger partial charge in [-0.25, -0.2) is 5.43 Å². The summed E-state index contributed by atoms with van der Waals surface area (Å²) in [4.78, 5) is 65.2. The maximum absolute atomic E-state index is 14.8. The second kappa shape index (κ2) is 19.1. The molecule has 0 saturated carbocycles. The van der Waals surface area contributed by atoms with Gasteiger partial charge in [0.05, 0.1) is 35.6 Å². The Labute approximate surface area is 390 Å². The Morgan fingerprint density at radius 2 is 1.86 bits per heavy atom. The highest BCUT2D eigenvalue weighted by molar-refractivity contribution is 5.95. The molecule has 7 atom stereocenters. The molecule has 66 heavy (non-hydrogen) atoms. The van der Waals surface area contributed by atoms with E-state index < -0.39 is 23.5 Å². The number of likely N-dealkylation sites (N-methyl/N-ethyl adjacent to an activating group) is 1. The lowest BCUT2D eigenvalue weighted by Crippen LogP contribution is -2.61. The van der Waals surface area contributed by atoms with Crippen LogP contribution in [-0.4, -0.2) is 112 Å². The number of cyclic esters (lactones) is 1. The molecule has 2 aromatic carbocycles. The first-order valence-corrected chi connectivity index (χ1v) is 24.1. The van der Waals surface area contributed by atoms with E-state index in [0.29, 0.717) is 38.9 Å². The number of ether oxygens (including phenoxy) is 2. The fourth-order valence-corrected chi connectivity index (χ4v) is 11.1. The molecule has 6 bridgehead atoms. The molecule has 4 aromatic rings. The zero-order valence-corrected chi connectivity index (χ0v) is 40.2. The molecule has 3 saturated heterocycles. The molecule has 13 heteroatoms. The molecular formula is C53H69N7O6. The quantitative estimate of drug-likeness (QED) is 0.0855. The fraction of sp³-hybridized carbons (Fsp3) is 0.528. The molecule has 3 fully saturated rings. The minimum Gasteiger partial charge on any atom is -0.464 e. The van der Waals surface area contributed by atoms with E-state index in [-0.39, 0.29) is 60.3 Å². The van der Waals surface area contributed by atoms with Gasteiger partial charge in [-0.05, 0) is 111 Å². The molecule has 4 aliphatic rings. The van der Waals surface area contributed by atoms with Crippen molar-refractivity contribution in [3.63, 3.8) is 0 Å². The van der Waals surface area contributed by atoms with Crippen LogP contribution in [0.15, 0.2) is 73.4 Å². The minimum atomic E-state index is -0.909. The van der Waals surface area contributed by atoms with Crippen molar-refractivity contribution in [2.75, 3.05) is 39.9 Å². The number of aryl methyl sites for hydroxylation is 1. The largest absolute Gasteiger partial charge is 0.464 e. The van der Waals surface area contributed by atoms with E-state index in [1.807, 2.05) is 43.1 Å². The first kappa shape index (κ1) is 47.1. The molecule has 3 unspecified atom stereocenters. The van der Waals surface area contributed by atoms with E-state index in [0.717, 1.165) is 76.0 Å². The average molecular weight is 900 g/mol. The summed E-state index contributed by atoms with van der Waals surface area (Å²) < 4.78 is 14.4. The lowest BCUT2D eigenvalue weighted by atomic mass is 9.84. The summed E-state index contributed by atoms with van der Waals surface area (Å²) in [5, 5.41) is 5.90. The standard InChI is InChI=1S/C53H69N7O6/c1-10-45(61)57(11-2)30-53-23-22-44(59(53)31-53)46(33(4)5)49(62)55-42-27-35-16-13-17-36(26-35)37-20-21-43-39(28-37)40(48(58(43)12-3)38-18-14-24-54-47(38)34(6)65-9)29-52(7,8)32-66-51(64)41-19-15-25-60(56-41)50(42)63/h10,13-14,16-18,20-21,24,26,28,33-34,41-42,44,46,56H,1,11-12,15,19,22-23,25,27,29-32H2,2-9H3,(H,55,62)/t34-,41-,42-,44-,46?,53?,59?/m0/s1. The van der Waals surface area contributed by atoms with Crippen molar-refractivity contribution in [1.29, 1.82) is 0 Å². The van der Waals surface area contributed by atoms with Crippen LogP contribution < -0.4 is 10.7 Å². The predicted molar refractivity (Wildman–Crippen MR) is 257 cm³/mol. The smallest absolute Gasteiger partial charge is 0.324 e. The zero-order valence-electron chi connectivity index (χ0n) is 40.2. The Balaban J connectivity index is 1.17. The van der Waals surface area contributed by atoms with E-state index >= 15 is 0 Å². The van der Waals surface area contributed by atoms with Crippen molar-refractivity contribution in [3.8, 4) is 22.4 Å². The zero-order chi connectivity index (χ0) is 47.1. The molecule has 4 aliphatic heterocycles. The Bertz CT molecular complexity index is 2500. The number of nitrogens with zero attached hydrogens (tertiary/aromatic N) is 5.